The lowest BCUT2D eigenvalue weighted by atomic mass is 9.91. The van der Waals surface area contributed by atoms with Crippen molar-refractivity contribution in [2.75, 3.05) is 0 Å². The molecule has 0 saturated carbocycles. The fourth-order valence-corrected chi connectivity index (χ4v) is 3.13. The van der Waals surface area contributed by atoms with Crippen LogP contribution in [0.1, 0.15) is 48.2 Å². The van der Waals surface area contributed by atoms with E-state index in [1.807, 2.05) is 10.6 Å². The van der Waals surface area contributed by atoms with Gasteiger partial charge in [-0.2, -0.15) is 0 Å². The highest BCUT2D eigenvalue weighted by Gasteiger charge is 2.20. The quantitative estimate of drug-likeness (QED) is 0.941. The monoisotopic (exact) mass is 282 g/mol. The predicted octanol–water partition coefficient (Wildman–Crippen LogP) is 2.80. The van der Waals surface area contributed by atoms with Crippen molar-refractivity contribution >= 4 is 0 Å². The highest BCUT2D eigenvalue weighted by atomic mass is 16.1. The molecule has 1 aliphatic rings. The molecule has 1 unspecified atom stereocenters. The third-order valence-corrected chi connectivity index (χ3v) is 4.43. The molecule has 0 radical (unpaired) electrons. The second-order valence-electron chi connectivity index (χ2n) is 5.83. The van der Waals surface area contributed by atoms with Gasteiger partial charge in [-0.15, -0.1) is 0 Å². The Bertz CT molecular complexity index is 685. The third kappa shape index (κ3) is 2.79. The fraction of sp³-hybridized carbons (Fsp3) is 0.389. The van der Waals surface area contributed by atoms with Gasteiger partial charge < -0.3 is 10.3 Å². The zero-order chi connectivity index (χ0) is 14.8. The molecule has 1 aliphatic carbocycles. The highest BCUT2D eigenvalue weighted by molar-refractivity contribution is 5.29. The van der Waals surface area contributed by atoms with E-state index in [4.69, 9.17) is 5.73 Å². The first-order valence-corrected chi connectivity index (χ1v) is 7.75. The summed E-state index contributed by atoms with van der Waals surface area (Å²) in [7, 11) is 0. The number of hydrogen-bond donors (Lipinski definition) is 1. The Kier molecular flexibility index (Phi) is 3.93. The number of nitrogens with zero attached hydrogens (tertiary/aromatic N) is 1. The molecule has 1 atom stereocenters. The average molecular weight is 282 g/mol. The normalized spacial score (nSPS) is 17.5. The van der Waals surface area contributed by atoms with Gasteiger partial charge in [-0.1, -0.05) is 37.3 Å². The lowest BCUT2D eigenvalue weighted by Crippen LogP contribution is -2.29. The molecule has 1 aromatic carbocycles. The van der Waals surface area contributed by atoms with Gasteiger partial charge in [0.1, 0.15) is 0 Å². The molecule has 3 nitrogen and oxygen atoms in total. The van der Waals surface area contributed by atoms with Gasteiger partial charge in [-0.25, -0.2) is 0 Å². The van der Waals surface area contributed by atoms with Crippen LogP contribution < -0.4 is 11.3 Å². The number of nitrogens with two attached hydrogens (primary N) is 1. The van der Waals surface area contributed by atoms with Crippen LogP contribution in [0, 0.1) is 0 Å². The van der Waals surface area contributed by atoms with E-state index in [0.29, 0.717) is 6.54 Å². The number of benzene rings is 1. The predicted molar refractivity (Wildman–Crippen MR) is 85.5 cm³/mol. The topological polar surface area (TPSA) is 48.0 Å². The second-order valence-corrected chi connectivity index (χ2v) is 5.83. The van der Waals surface area contributed by atoms with Crippen molar-refractivity contribution in [1.29, 1.82) is 0 Å². The molecule has 21 heavy (non-hydrogen) atoms. The molecular formula is C18H22N2O. The molecule has 2 N–H and O–H groups in total. The van der Waals surface area contributed by atoms with Crippen molar-refractivity contribution in [1.82, 2.24) is 4.57 Å². The minimum atomic E-state index is 0.0717. The first-order valence-electron chi connectivity index (χ1n) is 7.75. The summed E-state index contributed by atoms with van der Waals surface area (Å²) in [6.45, 7) is 2.78. The molecular weight excluding hydrogens is 260 g/mol. The van der Waals surface area contributed by atoms with Crippen LogP contribution in [0.4, 0.5) is 0 Å². The maximum atomic E-state index is 12.2. The van der Waals surface area contributed by atoms with Crippen LogP contribution in [0.2, 0.25) is 0 Å². The largest absolute Gasteiger partial charge is 0.324 e. The molecule has 0 amide bonds. The number of pyridine rings is 1. The summed E-state index contributed by atoms with van der Waals surface area (Å²) in [4.78, 5) is 12.2. The maximum Gasteiger partial charge on any atom is 0.251 e. The molecule has 0 saturated heterocycles. The van der Waals surface area contributed by atoms with Crippen molar-refractivity contribution in [2.45, 2.75) is 45.2 Å². The Labute approximate surface area is 125 Å². The smallest absolute Gasteiger partial charge is 0.251 e. The van der Waals surface area contributed by atoms with Crippen LogP contribution >= 0.6 is 0 Å². The summed E-state index contributed by atoms with van der Waals surface area (Å²) in [5.74, 6) is 0. The van der Waals surface area contributed by atoms with Crippen molar-refractivity contribution in [3.05, 3.63) is 69.1 Å². The van der Waals surface area contributed by atoms with Gasteiger partial charge in [-0.05, 0) is 42.4 Å². The van der Waals surface area contributed by atoms with E-state index in [-0.39, 0.29) is 11.6 Å². The zero-order valence-electron chi connectivity index (χ0n) is 12.5. The summed E-state index contributed by atoms with van der Waals surface area (Å²) < 4.78 is 1.90. The van der Waals surface area contributed by atoms with Crippen LogP contribution in [-0.2, 0) is 19.4 Å². The van der Waals surface area contributed by atoms with E-state index in [1.54, 1.807) is 6.07 Å². The molecule has 0 fully saturated rings. The molecule has 1 heterocycles. The molecule has 3 rings (SSSR count). The van der Waals surface area contributed by atoms with Gasteiger partial charge in [0.2, 0.25) is 0 Å². The van der Waals surface area contributed by atoms with Crippen LogP contribution in [0.3, 0.4) is 0 Å². The third-order valence-electron chi connectivity index (χ3n) is 4.43. The lowest BCUT2D eigenvalue weighted by molar-refractivity contribution is 0.529. The van der Waals surface area contributed by atoms with Gasteiger partial charge in [-0.3, -0.25) is 4.79 Å². The van der Waals surface area contributed by atoms with Crippen LogP contribution in [-0.4, -0.2) is 4.57 Å². The van der Waals surface area contributed by atoms with E-state index in [0.717, 1.165) is 36.9 Å². The second kappa shape index (κ2) is 5.86. The number of rotatable bonds is 3. The molecule has 3 heteroatoms. The molecule has 2 aromatic rings. The Morgan fingerprint density at radius 1 is 1.14 bits per heavy atom. The first kappa shape index (κ1) is 14.1. The standard InChI is InChI=1S/C18H22N2O/c1-2-13-6-8-14(9-7-13)12-20-17-5-3-4-16(19)15(17)10-11-18(20)21/h6-11,16H,2-5,12,19H2,1H3. The molecule has 0 aliphatic heterocycles. The summed E-state index contributed by atoms with van der Waals surface area (Å²) in [6, 6.07) is 12.2. The molecule has 1 aromatic heterocycles. The van der Waals surface area contributed by atoms with Crippen LogP contribution in [0.5, 0.6) is 0 Å². The van der Waals surface area contributed by atoms with Crippen molar-refractivity contribution < 1.29 is 0 Å². The van der Waals surface area contributed by atoms with E-state index >= 15 is 0 Å². The maximum absolute atomic E-state index is 12.2. The summed E-state index contributed by atoms with van der Waals surface area (Å²) >= 11 is 0. The van der Waals surface area contributed by atoms with E-state index in [9.17, 15) is 4.79 Å². The van der Waals surface area contributed by atoms with Crippen LogP contribution in [0.25, 0.3) is 0 Å². The SMILES string of the molecule is CCc1ccc(Cn2c3c(ccc2=O)C(N)CCC3)cc1. The zero-order valence-corrected chi connectivity index (χ0v) is 12.5. The summed E-state index contributed by atoms with van der Waals surface area (Å²) in [6.07, 6.45) is 4.06. The van der Waals surface area contributed by atoms with Gasteiger partial charge in [0.25, 0.3) is 5.56 Å². The Morgan fingerprint density at radius 3 is 2.57 bits per heavy atom. The van der Waals surface area contributed by atoms with Gasteiger partial charge in [0.05, 0.1) is 6.54 Å². The highest BCUT2D eigenvalue weighted by Crippen LogP contribution is 2.27. The van der Waals surface area contributed by atoms with Crippen molar-refractivity contribution in [2.24, 2.45) is 5.73 Å². The van der Waals surface area contributed by atoms with Crippen LogP contribution in [0.15, 0.2) is 41.2 Å². The van der Waals surface area contributed by atoms with E-state index < -0.39 is 0 Å². The lowest BCUT2D eigenvalue weighted by Gasteiger charge is -2.25. The number of hydrogen-bond acceptors (Lipinski definition) is 2. The van der Waals surface area contributed by atoms with Gasteiger partial charge >= 0.3 is 0 Å². The van der Waals surface area contributed by atoms with Gasteiger partial charge in [0, 0.05) is 17.8 Å². The number of aryl methyl sites for hydroxylation is 1. The van der Waals surface area contributed by atoms with Crippen molar-refractivity contribution in [3.63, 3.8) is 0 Å². The molecule has 110 valence electrons. The summed E-state index contributed by atoms with van der Waals surface area (Å²) in [5.41, 5.74) is 11.0. The van der Waals surface area contributed by atoms with Gasteiger partial charge in [0.15, 0.2) is 0 Å². The van der Waals surface area contributed by atoms with Crippen molar-refractivity contribution in [3.8, 4) is 0 Å². The van der Waals surface area contributed by atoms with E-state index in [2.05, 4.69) is 31.2 Å². The first-order chi connectivity index (χ1) is 10.2. The molecule has 0 spiro atoms. The molecule has 0 bridgehead atoms. The summed E-state index contributed by atoms with van der Waals surface area (Å²) in [5, 5.41) is 0. The Morgan fingerprint density at radius 2 is 1.86 bits per heavy atom. The Balaban J connectivity index is 1.97. The number of aromatic nitrogens is 1. The minimum absolute atomic E-state index is 0.0717. The number of fused-ring (bicyclic) bond motifs is 1. The minimum Gasteiger partial charge on any atom is -0.324 e. The fourth-order valence-electron chi connectivity index (χ4n) is 3.13. The van der Waals surface area contributed by atoms with E-state index in [1.165, 1.54) is 11.1 Å². The Hall–Kier alpha value is -1.87. The average Bonchev–Trinajstić information content (AvgIpc) is 2.51.